The minimum atomic E-state index is 0.543. The van der Waals surface area contributed by atoms with E-state index in [0.29, 0.717) is 6.10 Å². The van der Waals surface area contributed by atoms with Crippen LogP contribution in [0.3, 0.4) is 0 Å². The maximum Gasteiger partial charge on any atom is 0.0702 e. The van der Waals surface area contributed by atoms with Crippen LogP contribution in [0.5, 0.6) is 0 Å². The van der Waals surface area contributed by atoms with Crippen LogP contribution in [-0.4, -0.2) is 50.3 Å². The summed E-state index contributed by atoms with van der Waals surface area (Å²) in [5.41, 5.74) is 0. The fourth-order valence-electron chi connectivity index (χ4n) is 3.81. The van der Waals surface area contributed by atoms with E-state index in [9.17, 15) is 0 Å². The topological polar surface area (TPSA) is 24.5 Å². The molecule has 0 aromatic carbocycles. The van der Waals surface area contributed by atoms with Gasteiger partial charge in [0.25, 0.3) is 0 Å². The lowest BCUT2D eigenvalue weighted by molar-refractivity contribution is 0.0782. The summed E-state index contributed by atoms with van der Waals surface area (Å²) in [4.78, 5) is 2.66. The van der Waals surface area contributed by atoms with Gasteiger partial charge in [-0.2, -0.15) is 0 Å². The van der Waals surface area contributed by atoms with Crippen molar-refractivity contribution in [3.8, 4) is 0 Å². The van der Waals surface area contributed by atoms with Crippen molar-refractivity contribution in [3.63, 3.8) is 0 Å². The molecule has 3 saturated heterocycles. The molecule has 3 heteroatoms. The quantitative estimate of drug-likeness (QED) is 0.806. The number of hydrogen-bond acceptors (Lipinski definition) is 3. The highest BCUT2D eigenvalue weighted by atomic mass is 16.5. The van der Waals surface area contributed by atoms with Gasteiger partial charge in [-0.3, -0.25) is 0 Å². The lowest BCUT2D eigenvalue weighted by Crippen LogP contribution is -2.34. The second-order valence-corrected chi connectivity index (χ2v) is 6.03. The summed E-state index contributed by atoms with van der Waals surface area (Å²) in [5.74, 6) is 1.96. The van der Waals surface area contributed by atoms with Gasteiger partial charge in [-0.1, -0.05) is 0 Å². The van der Waals surface area contributed by atoms with Gasteiger partial charge in [-0.05, 0) is 63.6 Å². The average molecular weight is 238 g/mol. The van der Waals surface area contributed by atoms with E-state index in [1.807, 2.05) is 0 Å². The third kappa shape index (κ3) is 3.01. The van der Waals surface area contributed by atoms with E-state index in [-0.39, 0.29) is 0 Å². The molecule has 3 aliphatic rings. The molecule has 0 aromatic heterocycles. The first kappa shape index (κ1) is 11.9. The van der Waals surface area contributed by atoms with E-state index in [4.69, 9.17) is 4.74 Å². The first-order chi connectivity index (χ1) is 8.42. The highest BCUT2D eigenvalue weighted by Crippen LogP contribution is 2.30. The van der Waals surface area contributed by atoms with E-state index < -0.39 is 0 Å². The van der Waals surface area contributed by atoms with E-state index in [0.717, 1.165) is 18.4 Å². The SMILES string of the molecule is C1COC(CN2CCC(C3CCNCC3)C2)C1. The molecule has 17 heavy (non-hydrogen) atoms. The van der Waals surface area contributed by atoms with Gasteiger partial charge in [0.05, 0.1) is 6.10 Å². The Labute approximate surface area is 105 Å². The van der Waals surface area contributed by atoms with Crippen LogP contribution < -0.4 is 5.32 Å². The van der Waals surface area contributed by atoms with Crippen LogP contribution in [0.4, 0.5) is 0 Å². The lowest BCUT2D eigenvalue weighted by atomic mass is 9.84. The van der Waals surface area contributed by atoms with Crippen LogP contribution in [0.1, 0.15) is 32.1 Å². The van der Waals surface area contributed by atoms with E-state index in [1.54, 1.807) is 0 Å². The Kier molecular flexibility index (Phi) is 3.99. The second-order valence-electron chi connectivity index (χ2n) is 6.03. The Hall–Kier alpha value is -0.120. The monoisotopic (exact) mass is 238 g/mol. The molecular weight excluding hydrogens is 212 g/mol. The third-order valence-electron chi connectivity index (χ3n) is 4.85. The van der Waals surface area contributed by atoms with E-state index >= 15 is 0 Å². The molecule has 3 fully saturated rings. The maximum absolute atomic E-state index is 5.74. The summed E-state index contributed by atoms with van der Waals surface area (Å²) in [6.45, 7) is 7.33. The lowest BCUT2D eigenvalue weighted by Gasteiger charge is -2.28. The van der Waals surface area contributed by atoms with Crippen LogP contribution in [0.2, 0.25) is 0 Å². The van der Waals surface area contributed by atoms with Crippen LogP contribution in [0, 0.1) is 11.8 Å². The summed E-state index contributed by atoms with van der Waals surface area (Å²) < 4.78 is 5.74. The van der Waals surface area contributed by atoms with Crippen molar-refractivity contribution in [1.29, 1.82) is 0 Å². The van der Waals surface area contributed by atoms with Crippen molar-refractivity contribution >= 4 is 0 Å². The molecule has 2 unspecified atom stereocenters. The fraction of sp³-hybridized carbons (Fsp3) is 1.00. The zero-order chi connectivity index (χ0) is 11.5. The van der Waals surface area contributed by atoms with Gasteiger partial charge in [0, 0.05) is 19.7 Å². The predicted molar refractivity (Wildman–Crippen MR) is 69.1 cm³/mol. The Morgan fingerprint density at radius 2 is 1.94 bits per heavy atom. The molecule has 3 heterocycles. The van der Waals surface area contributed by atoms with Crippen molar-refractivity contribution in [2.45, 2.75) is 38.2 Å². The van der Waals surface area contributed by atoms with Crippen LogP contribution >= 0.6 is 0 Å². The zero-order valence-corrected chi connectivity index (χ0v) is 10.9. The first-order valence-electron chi connectivity index (χ1n) is 7.46. The minimum absolute atomic E-state index is 0.543. The molecule has 1 N–H and O–H groups in total. The normalized spacial score (nSPS) is 36.7. The van der Waals surface area contributed by atoms with Crippen LogP contribution in [0.15, 0.2) is 0 Å². The summed E-state index contributed by atoms with van der Waals surface area (Å²) in [5, 5.41) is 3.47. The fourth-order valence-corrected chi connectivity index (χ4v) is 3.81. The molecule has 0 saturated carbocycles. The number of nitrogens with one attached hydrogen (secondary N) is 1. The Morgan fingerprint density at radius 3 is 2.71 bits per heavy atom. The highest BCUT2D eigenvalue weighted by molar-refractivity contribution is 4.85. The number of rotatable bonds is 3. The third-order valence-corrected chi connectivity index (χ3v) is 4.85. The zero-order valence-electron chi connectivity index (χ0n) is 10.9. The summed E-state index contributed by atoms with van der Waals surface area (Å²) in [6, 6.07) is 0. The van der Waals surface area contributed by atoms with Crippen molar-refractivity contribution in [3.05, 3.63) is 0 Å². The number of nitrogens with zero attached hydrogens (tertiary/aromatic N) is 1. The second kappa shape index (κ2) is 5.68. The van der Waals surface area contributed by atoms with Crippen molar-refractivity contribution in [1.82, 2.24) is 10.2 Å². The van der Waals surface area contributed by atoms with Gasteiger partial charge in [0.15, 0.2) is 0 Å². The van der Waals surface area contributed by atoms with Crippen LogP contribution in [0.25, 0.3) is 0 Å². The molecule has 0 radical (unpaired) electrons. The number of likely N-dealkylation sites (tertiary alicyclic amines) is 1. The first-order valence-corrected chi connectivity index (χ1v) is 7.46. The van der Waals surface area contributed by atoms with Gasteiger partial charge < -0.3 is 15.0 Å². The van der Waals surface area contributed by atoms with Crippen LogP contribution in [-0.2, 0) is 4.74 Å². The van der Waals surface area contributed by atoms with E-state index in [2.05, 4.69) is 10.2 Å². The number of ether oxygens (including phenoxy) is 1. The molecule has 3 nitrogen and oxygen atoms in total. The Bertz CT molecular complexity index is 234. The molecule has 3 rings (SSSR count). The van der Waals surface area contributed by atoms with Gasteiger partial charge in [-0.25, -0.2) is 0 Å². The van der Waals surface area contributed by atoms with Gasteiger partial charge in [-0.15, -0.1) is 0 Å². The molecular formula is C14H26N2O. The summed E-state index contributed by atoms with van der Waals surface area (Å²) in [7, 11) is 0. The van der Waals surface area contributed by atoms with Gasteiger partial charge in [0.2, 0.25) is 0 Å². The van der Waals surface area contributed by atoms with Crippen molar-refractivity contribution < 1.29 is 4.74 Å². The Morgan fingerprint density at radius 1 is 1.06 bits per heavy atom. The standard InChI is InChI=1S/C14H26N2O/c1-2-14(17-9-1)11-16-8-5-13(10-16)12-3-6-15-7-4-12/h12-15H,1-11H2. The molecule has 0 bridgehead atoms. The number of piperidine rings is 1. The molecule has 0 aliphatic carbocycles. The average Bonchev–Trinajstić information content (AvgIpc) is 3.02. The number of hydrogen-bond donors (Lipinski definition) is 1. The molecule has 0 amide bonds. The van der Waals surface area contributed by atoms with Gasteiger partial charge >= 0.3 is 0 Å². The van der Waals surface area contributed by atoms with Gasteiger partial charge in [0.1, 0.15) is 0 Å². The molecule has 3 aliphatic heterocycles. The minimum Gasteiger partial charge on any atom is -0.377 e. The highest BCUT2D eigenvalue weighted by Gasteiger charge is 2.31. The van der Waals surface area contributed by atoms with Crippen molar-refractivity contribution in [2.24, 2.45) is 11.8 Å². The summed E-state index contributed by atoms with van der Waals surface area (Å²) in [6.07, 6.45) is 7.33. The van der Waals surface area contributed by atoms with Crippen molar-refractivity contribution in [2.75, 3.05) is 39.3 Å². The predicted octanol–water partition coefficient (Wildman–Crippen LogP) is 1.49. The molecule has 98 valence electrons. The smallest absolute Gasteiger partial charge is 0.0702 e. The summed E-state index contributed by atoms with van der Waals surface area (Å²) >= 11 is 0. The molecule has 0 aromatic rings. The molecule has 0 spiro atoms. The van der Waals surface area contributed by atoms with E-state index in [1.165, 1.54) is 64.8 Å². The molecule has 2 atom stereocenters. The largest absolute Gasteiger partial charge is 0.377 e. The maximum atomic E-state index is 5.74. The Balaban J connectivity index is 1.44.